The molecule has 1 N–H and O–H groups in total. The number of aromatic nitrogens is 3. The topological polar surface area (TPSA) is 104 Å². The Balaban J connectivity index is 1.32. The Bertz CT molecular complexity index is 1190. The molecule has 2 amide bonds. The van der Waals surface area contributed by atoms with Gasteiger partial charge in [0.15, 0.2) is 0 Å². The van der Waals surface area contributed by atoms with Crippen molar-refractivity contribution in [3.05, 3.63) is 72.3 Å². The zero-order valence-electron chi connectivity index (χ0n) is 17.5. The average Bonchev–Trinajstić information content (AvgIpc) is 3.41. The van der Waals surface area contributed by atoms with E-state index in [0.29, 0.717) is 6.54 Å². The molecule has 2 aromatic heterocycles. The second kappa shape index (κ2) is 9.16. The van der Waals surface area contributed by atoms with Gasteiger partial charge in [0.2, 0.25) is 5.91 Å². The number of nitrogens with one attached hydrogen (secondary N) is 1. The predicted octanol–water partition coefficient (Wildman–Crippen LogP) is 2.48. The highest BCUT2D eigenvalue weighted by atomic mass is 19.3. The van der Waals surface area contributed by atoms with Gasteiger partial charge < -0.3 is 10.2 Å². The van der Waals surface area contributed by atoms with Crippen LogP contribution in [0.1, 0.15) is 22.3 Å². The number of hydrogen-bond donors (Lipinski definition) is 1. The van der Waals surface area contributed by atoms with E-state index in [1.807, 2.05) is 36.4 Å². The highest BCUT2D eigenvalue weighted by Gasteiger charge is 2.47. The van der Waals surface area contributed by atoms with Crippen molar-refractivity contribution in [1.29, 1.82) is 5.26 Å². The second-order valence-corrected chi connectivity index (χ2v) is 7.77. The number of nitrogens with zero attached hydrogens (tertiary/aromatic N) is 5. The molecule has 1 aliphatic heterocycles. The molecular formula is C23H20F2N6O2. The lowest BCUT2D eigenvalue weighted by atomic mass is 10.1. The van der Waals surface area contributed by atoms with Crippen molar-refractivity contribution in [2.75, 3.05) is 13.1 Å². The minimum absolute atomic E-state index is 0.235. The summed E-state index contributed by atoms with van der Waals surface area (Å²) in [6, 6.07) is 12.2. The van der Waals surface area contributed by atoms with Crippen LogP contribution in [-0.4, -0.2) is 56.5 Å². The maximum absolute atomic E-state index is 13.5. The molecule has 1 aliphatic rings. The summed E-state index contributed by atoms with van der Waals surface area (Å²) in [6.07, 6.45) is 5.71. The molecule has 3 aromatic rings. The van der Waals surface area contributed by atoms with Gasteiger partial charge in [-0.3, -0.25) is 19.3 Å². The zero-order valence-corrected chi connectivity index (χ0v) is 17.5. The van der Waals surface area contributed by atoms with E-state index in [1.54, 1.807) is 23.1 Å². The third-order valence-electron chi connectivity index (χ3n) is 5.33. The number of alkyl halides is 2. The molecule has 1 aromatic carbocycles. The van der Waals surface area contributed by atoms with Crippen LogP contribution in [0, 0.1) is 11.3 Å². The molecule has 0 saturated carbocycles. The van der Waals surface area contributed by atoms with Crippen LogP contribution >= 0.6 is 0 Å². The van der Waals surface area contributed by atoms with Crippen molar-refractivity contribution in [2.24, 2.45) is 0 Å². The molecule has 33 heavy (non-hydrogen) atoms. The van der Waals surface area contributed by atoms with Crippen molar-refractivity contribution >= 4 is 11.8 Å². The van der Waals surface area contributed by atoms with Crippen molar-refractivity contribution in [3.8, 4) is 17.2 Å². The van der Waals surface area contributed by atoms with Gasteiger partial charge in [-0.15, -0.1) is 0 Å². The van der Waals surface area contributed by atoms with Crippen molar-refractivity contribution in [3.63, 3.8) is 0 Å². The SMILES string of the molecule is N#C[C@@H]1CC(F)(F)CN1C(=O)CNC(=O)c1cnn(Cc2ccc(-c3cccnc3)cc2)c1. The summed E-state index contributed by atoms with van der Waals surface area (Å²) in [6.45, 7) is -0.863. The standard InChI is InChI=1S/C23H20F2N6O2/c24-23(25)8-20(9-26)31(15-23)21(32)12-28-22(33)19-11-29-30(14-19)13-16-3-5-17(6-4-16)18-2-1-7-27-10-18/h1-7,10-11,14,20H,8,12-13,15H2,(H,28,33)/t20-/m0/s1. The third-order valence-corrected chi connectivity index (χ3v) is 5.33. The molecule has 0 bridgehead atoms. The van der Waals surface area contributed by atoms with Gasteiger partial charge >= 0.3 is 0 Å². The van der Waals surface area contributed by atoms with E-state index in [2.05, 4.69) is 15.4 Å². The number of amides is 2. The number of carbonyl (C=O) groups is 2. The minimum Gasteiger partial charge on any atom is -0.343 e. The number of rotatable bonds is 6. The molecule has 1 saturated heterocycles. The predicted molar refractivity (Wildman–Crippen MR) is 114 cm³/mol. The van der Waals surface area contributed by atoms with E-state index in [0.717, 1.165) is 21.6 Å². The van der Waals surface area contributed by atoms with E-state index in [4.69, 9.17) is 5.26 Å². The van der Waals surface area contributed by atoms with Crippen LogP contribution in [0.4, 0.5) is 8.78 Å². The van der Waals surface area contributed by atoms with Gasteiger partial charge in [-0.1, -0.05) is 30.3 Å². The van der Waals surface area contributed by atoms with Crippen LogP contribution in [0.25, 0.3) is 11.1 Å². The molecular weight excluding hydrogens is 430 g/mol. The lowest BCUT2D eigenvalue weighted by Crippen LogP contribution is -2.42. The van der Waals surface area contributed by atoms with Gasteiger partial charge in [0.25, 0.3) is 11.8 Å². The molecule has 8 nitrogen and oxygen atoms in total. The van der Waals surface area contributed by atoms with Crippen LogP contribution in [0.15, 0.2) is 61.2 Å². The molecule has 0 spiro atoms. The lowest BCUT2D eigenvalue weighted by Gasteiger charge is -2.19. The van der Waals surface area contributed by atoms with Crippen LogP contribution < -0.4 is 5.32 Å². The molecule has 1 atom stereocenters. The number of likely N-dealkylation sites (tertiary alicyclic amines) is 1. The molecule has 0 radical (unpaired) electrons. The van der Waals surface area contributed by atoms with E-state index < -0.39 is 43.3 Å². The monoisotopic (exact) mass is 450 g/mol. The number of pyridine rings is 1. The van der Waals surface area contributed by atoms with Crippen LogP contribution in [0.3, 0.4) is 0 Å². The largest absolute Gasteiger partial charge is 0.343 e. The summed E-state index contributed by atoms with van der Waals surface area (Å²) in [7, 11) is 0. The van der Waals surface area contributed by atoms with E-state index in [1.165, 1.54) is 12.4 Å². The quantitative estimate of drug-likeness (QED) is 0.622. The second-order valence-electron chi connectivity index (χ2n) is 7.77. The van der Waals surface area contributed by atoms with Crippen molar-refractivity contribution < 1.29 is 18.4 Å². The Hall–Kier alpha value is -4.13. The van der Waals surface area contributed by atoms with Gasteiger partial charge in [0.05, 0.1) is 37.5 Å². The van der Waals surface area contributed by atoms with E-state index >= 15 is 0 Å². The Morgan fingerprint density at radius 2 is 1.97 bits per heavy atom. The number of nitriles is 1. The van der Waals surface area contributed by atoms with Gasteiger partial charge in [0.1, 0.15) is 6.04 Å². The number of halogens is 2. The van der Waals surface area contributed by atoms with Crippen molar-refractivity contribution in [2.45, 2.75) is 24.9 Å². The fourth-order valence-corrected chi connectivity index (χ4v) is 3.64. The van der Waals surface area contributed by atoms with Gasteiger partial charge in [0, 0.05) is 25.0 Å². The number of carbonyl (C=O) groups excluding carboxylic acids is 2. The maximum Gasteiger partial charge on any atom is 0.268 e. The average molecular weight is 450 g/mol. The van der Waals surface area contributed by atoms with Crippen LogP contribution in [0.5, 0.6) is 0 Å². The van der Waals surface area contributed by atoms with Crippen LogP contribution in [0.2, 0.25) is 0 Å². The van der Waals surface area contributed by atoms with Crippen molar-refractivity contribution in [1.82, 2.24) is 25.0 Å². The smallest absolute Gasteiger partial charge is 0.268 e. The van der Waals surface area contributed by atoms with Gasteiger partial charge in [-0.25, -0.2) is 8.78 Å². The molecule has 168 valence electrons. The molecule has 1 fully saturated rings. The highest BCUT2D eigenvalue weighted by molar-refractivity contribution is 5.96. The maximum atomic E-state index is 13.5. The first kappa shape index (κ1) is 22.1. The van der Waals surface area contributed by atoms with Crippen LogP contribution in [-0.2, 0) is 11.3 Å². The minimum atomic E-state index is -3.10. The van der Waals surface area contributed by atoms with E-state index in [-0.39, 0.29) is 5.56 Å². The zero-order chi connectivity index (χ0) is 23.4. The van der Waals surface area contributed by atoms with E-state index in [9.17, 15) is 18.4 Å². The first-order chi connectivity index (χ1) is 15.8. The fourth-order valence-electron chi connectivity index (χ4n) is 3.64. The normalized spacial score (nSPS) is 16.9. The highest BCUT2D eigenvalue weighted by Crippen LogP contribution is 2.31. The summed E-state index contributed by atoms with van der Waals surface area (Å²) < 4.78 is 28.6. The summed E-state index contributed by atoms with van der Waals surface area (Å²) in [5, 5.41) is 15.6. The third kappa shape index (κ3) is 5.20. The molecule has 4 rings (SSSR count). The molecule has 0 aliphatic carbocycles. The Kier molecular flexibility index (Phi) is 6.13. The summed E-state index contributed by atoms with van der Waals surface area (Å²) in [4.78, 5) is 29.5. The fraction of sp³-hybridized carbons (Fsp3) is 0.261. The Labute approximate surface area is 188 Å². The summed E-state index contributed by atoms with van der Waals surface area (Å²) >= 11 is 0. The lowest BCUT2D eigenvalue weighted by molar-refractivity contribution is -0.131. The van der Waals surface area contributed by atoms with Gasteiger partial charge in [-0.2, -0.15) is 10.4 Å². The Morgan fingerprint density at radius 1 is 1.18 bits per heavy atom. The molecule has 10 heteroatoms. The summed E-state index contributed by atoms with van der Waals surface area (Å²) in [5.74, 6) is -4.38. The first-order valence-electron chi connectivity index (χ1n) is 10.2. The molecule has 0 unspecified atom stereocenters. The Morgan fingerprint density at radius 3 is 2.67 bits per heavy atom. The number of benzene rings is 1. The number of hydrogen-bond acceptors (Lipinski definition) is 5. The first-order valence-corrected chi connectivity index (χ1v) is 10.2. The van der Waals surface area contributed by atoms with Gasteiger partial charge in [-0.05, 0) is 22.8 Å². The summed E-state index contributed by atoms with van der Waals surface area (Å²) in [5.41, 5.74) is 3.26. The molecule has 3 heterocycles.